The molecule has 2 N–H and O–H groups in total. The molecule has 1 aliphatic rings. The number of rotatable bonds is 6. The van der Waals surface area contributed by atoms with Crippen molar-refractivity contribution in [2.45, 2.75) is 43.9 Å². The van der Waals surface area contributed by atoms with E-state index in [-0.39, 0.29) is 12.3 Å². The molecule has 0 unspecified atom stereocenters. The summed E-state index contributed by atoms with van der Waals surface area (Å²) in [7, 11) is 0. The normalized spacial score (nSPS) is 16.6. The van der Waals surface area contributed by atoms with Crippen LogP contribution in [0.1, 0.15) is 44.1 Å². The molecule has 1 saturated carbocycles. The van der Waals surface area contributed by atoms with Gasteiger partial charge < -0.3 is 10.4 Å². The fourth-order valence-corrected chi connectivity index (χ4v) is 3.42. The van der Waals surface area contributed by atoms with Crippen LogP contribution in [0.2, 0.25) is 0 Å². The van der Waals surface area contributed by atoms with E-state index in [1.807, 2.05) is 24.3 Å². The average molecular weight is 354 g/mol. The van der Waals surface area contributed by atoms with Crippen LogP contribution in [0, 0.1) is 0 Å². The van der Waals surface area contributed by atoms with Gasteiger partial charge in [-0.2, -0.15) is 0 Å². The molecule has 21 heavy (non-hydrogen) atoms. The zero-order valence-corrected chi connectivity index (χ0v) is 13.5. The third kappa shape index (κ3) is 3.84. The zero-order valence-electron chi connectivity index (χ0n) is 11.9. The third-order valence-corrected chi connectivity index (χ3v) is 4.62. The maximum Gasteiger partial charge on any atom is 0.303 e. The van der Waals surface area contributed by atoms with Crippen LogP contribution in [0.4, 0.5) is 0 Å². The van der Waals surface area contributed by atoms with Crippen LogP contribution < -0.4 is 5.32 Å². The van der Waals surface area contributed by atoms with E-state index in [1.54, 1.807) is 0 Å². The van der Waals surface area contributed by atoms with Crippen molar-refractivity contribution >= 4 is 27.8 Å². The molecule has 0 radical (unpaired) electrons. The van der Waals surface area contributed by atoms with Gasteiger partial charge in [0, 0.05) is 17.4 Å². The van der Waals surface area contributed by atoms with Crippen LogP contribution in [0.25, 0.3) is 0 Å². The summed E-state index contributed by atoms with van der Waals surface area (Å²) in [5.74, 6) is -0.796. The highest BCUT2D eigenvalue weighted by Gasteiger charge is 2.42. The van der Waals surface area contributed by atoms with E-state index < -0.39 is 11.4 Å². The number of benzene rings is 1. The Morgan fingerprint density at radius 1 is 1.29 bits per heavy atom. The minimum absolute atomic E-state index is 0.0310. The first-order valence-corrected chi connectivity index (χ1v) is 8.10. The monoisotopic (exact) mass is 353 g/mol. The largest absolute Gasteiger partial charge is 0.481 e. The van der Waals surface area contributed by atoms with Gasteiger partial charge >= 0.3 is 5.97 Å². The van der Waals surface area contributed by atoms with Gasteiger partial charge in [-0.15, -0.1) is 0 Å². The molecule has 1 aromatic rings. The second-order valence-electron chi connectivity index (χ2n) is 5.55. The number of aliphatic carboxylic acids is 1. The summed E-state index contributed by atoms with van der Waals surface area (Å²) in [6.07, 6.45) is 4.37. The average Bonchev–Trinajstić information content (AvgIpc) is 2.94. The van der Waals surface area contributed by atoms with Crippen molar-refractivity contribution in [2.75, 3.05) is 6.54 Å². The van der Waals surface area contributed by atoms with Crippen molar-refractivity contribution in [3.63, 3.8) is 0 Å². The van der Waals surface area contributed by atoms with Crippen LogP contribution in [0.5, 0.6) is 0 Å². The van der Waals surface area contributed by atoms with Crippen molar-refractivity contribution < 1.29 is 14.7 Å². The molecule has 4 nitrogen and oxygen atoms in total. The number of halogens is 1. The standard InChI is InChI=1S/C16H20BrNO3/c17-13-6-3-5-12(11-13)16(8-1-2-9-16)15(21)18-10-4-7-14(19)20/h3,5-6,11H,1-2,4,7-10H2,(H,18,21)(H,19,20). The lowest BCUT2D eigenvalue weighted by molar-refractivity contribution is -0.137. The second kappa shape index (κ2) is 7.07. The summed E-state index contributed by atoms with van der Waals surface area (Å²) in [6, 6.07) is 7.93. The number of hydrogen-bond acceptors (Lipinski definition) is 2. The fourth-order valence-electron chi connectivity index (χ4n) is 3.02. The van der Waals surface area contributed by atoms with Gasteiger partial charge in [0.05, 0.1) is 5.41 Å². The van der Waals surface area contributed by atoms with Gasteiger partial charge in [-0.05, 0) is 37.0 Å². The van der Waals surface area contributed by atoms with Gasteiger partial charge in [0.1, 0.15) is 0 Å². The molecule has 114 valence electrons. The third-order valence-electron chi connectivity index (χ3n) is 4.12. The number of carboxylic acids is 1. The van der Waals surface area contributed by atoms with E-state index in [0.29, 0.717) is 13.0 Å². The minimum atomic E-state index is -0.827. The Balaban J connectivity index is 2.07. The Morgan fingerprint density at radius 2 is 2.00 bits per heavy atom. The molecule has 0 atom stereocenters. The molecule has 2 rings (SSSR count). The van der Waals surface area contributed by atoms with E-state index in [1.165, 1.54) is 0 Å². The van der Waals surface area contributed by atoms with Crippen LogP contribution in [0.15, 0.2) is 28.7 Å². The molecule has 1 aromatic carbocycles. The number of amides is 1. The summed E-state index contributed by atoms with van der Waals surface area (Å²) < 4.78 is 0.977. The number of carboxylic acid groups (broad SMARTS) is 1. The van der Waals surface area contributed by atoms with Gasteiger partial charge in [0.15, 0.2) is 0 Å². The Morgan fingerprint density at radius 3 is 2.62 bits per heavy atom. The number of carbonyl (C=O) groups is 2. The van der Waals surface area contributed by atoms with Gasteiger partial charge in [-0.25, -0.2) is 0 Å². The molecular formula is C16H20BrNO3. The molecule has 5 heteroatoms. The quantitative estimate of drug-likeness (QED) is 0.771. The lowest BCUT2D eigenvalue weighted by Gasteiger charge is -2.28. The molecule has 0 bridgehead atoms. The second-order valence-corrected chi connectivity index (χ2v) is 6.47. The highest BCUT2D eigenvalue weighted by Crippen LogP contribution is 2.42. The highest BCUT2D eigenvalue weighted by atomic mass is 79.9. The SMILES string of the molecule is O=C(O)CCCNC(=O)C1(c2cccc(Br)c2)CCCC1. The summed E-state index contributed by atoms with van der Waals surface area (Å²) in [4.78, 5) is 23.2. The van der Waals surface area contributed by atoms with Gasteiger partial charge in [-0.3, -0.25) is 9.59 Å². The van der Waals surface area contributed by atoms with Crippen LogP contribution in [-0.4, -0.2) is 23.5 Å². The number of carbonyl (C=O) groups excluding carboxylic acids is 1. The van der Waals surface area contributed by atoms with E-state index in [9.17, 15) is 9.59 Å². The van der Waals surface area contributed by atoms with Crippen LogP contribution in [-0.2, 0) is 15.0 Å². The fraction of sp³-hybridized carbons (Fsp3) is 0.500. The molecular weight excluding hydrogens is 334 g/mol. The maximum absolute atomic E-state index is 12.6. The van der Waals surface area contributed by atoms with Crippen molar-refractivity contribution in [3.05, 3.63) is 34.3 Å². The van der Waals surface area contributed by atoms with Crippen molar-refractivity contribution in [1.82, 2.24) is 5.32 Å². The van der Waals surface area contributed by atoms with E-state index in [4.69, 9.17) is 5.11 Å². The molecule has 0 aliphatic heterocycles. The van der Waals surface area contributed by atoms with Gasteiger partial charge in [-0.1, -0.05) is 40.9 Å². The van der Waals surface area contributed by atoms with E-state index >= 15 is 0 Å². The van der Waals surface area contributed by atoms with Crippen molar-refractivity contribution in [1.29, 1.82) is 0 Å². The van der Waals surface area contributed by atoms with Crippen LogP contribution >= 0.6 is 15.9 Å². The maximum atomic E-state index is 12.6. The predicted molar refractivity (Wildman–Crippen MR) is 84.2 cm³/mol. The molecule has 1 amide bonds. The van der Waals surface area contributed by atoms with Crippen molar-refractivity contribution in [3.8, 4) is 0 Å². The Labute approximate surface area is 133 Å². The Bertz CT molecular complexity index is 524. The number of hydrogen-bond donors (Lipinski definition) is 2. The molecule has 0 aromatic heterocycles. The van der Waals surface area contributed by atoms with Gasteiger partial charge in [0.25, 0.3) is 0 Å². The molecule has 0 spiro atoms. The van der Waals surface area contributed by atoms with E-state index in [2.05, 4.69) is 21.2 Å². The molecule has 0 heterocycles. The first-order valence-electron chi connectivity index (χ1n) is 7.31. The Kier molecular flexibility index (Phi) is 5.39. The summed E-state index contributed by atoms with van der Waals surface area (Å²) in [5, 5.41) is 11.6. The summed E-state index contributed by atoms with van der Waals surface area (Å²) in [6.45, 7) is 0.418. The lowest BCUT2D eigenvalue weighted by atomic mass is 9.78. The zero-order chi connectivity index (χ0) is 15.3. The first-order chi connectivity index (χ1) is 10.0. The first kappa shape index (κ1) is 16.0. The van der Waals surface area contributed by atoms with Crippen LogP contribution in [0.3, 0.4) is 0 Å². The lowest BCUT2D eigenvalue weighted by Crippen LogP contribution is -2.43. The topological polar surface area (TPSA) is 66.4 Å². The number of nitrogens with one attached hydrogen (secondary N) is 1. The highest BCUT2D eigenvalue weighted by molar-refractivity contribution is 9.10. The smallest absolute Gasteiger partial charge is 0.303 e. The van der Waals surface area contributed by atoms with Gasteiger partial charge in [0.2, 0.25) is 5.91 Å². The van der Waals surface area contributed by atoms with Crippen molar-refractivity contribution in [2.24, 2.45) is 0 Å². The molecule has 0 saturated heterocycles. The molecule has 1 aliphatic carbocycles. The predicted octanol–water partition coefficient (Wildman–Crippen LogP) is 3.24. The van der Waals surface area contributed by atoms with E-state index in [0.717, 1.165) is 35.7 Å². The summed E-state index contributed by atoms with van der Waals surface area (Å²) in [5.41, 5.74) is 0.595. The summed E-state index contributed by atoms with van der Waals surface area (Å²) >= 11 is 3.47. The molecule has 1 fully saturated rings. The Hall–Kier alpha value is -1.36. The minimum Gasteiger partial charge on any atom is -0.481 e.